The molecule has 0 radical (unpaired) electrons. The van der Waals surface area contributed by atoms with Crippen molar-refractivity contribution in [3.8, 4) is 0 Å². The summed E-state index contributed by atoms with van der Waals surface area (Å²) in [6.07, 6.45) is 0. The van der Waals surface area contributed by atoms with Crippen LogP contribution in [0.3, 0.4) is 0 Å². The summed E-state index contributed by atoms with van der Waals surface area (Å²) in [5, 5.41) is 4.47. The molecule has 0 atom stereocenters. The van der Waals surface area contributed by atoms with Crippen LogP contribution in [0.4, 0.5) is 0 Å². The van der Waals surface area contributed by atoms with Gasteiger partial charge in [-0.2, -0.15) is 0 Å². The number of rotatable bonds is 1. The summed E-state index contributed by atoms with van der Waals surface area (Å²) in [6, 6.07) is 1.29. The number of hydrogen-bond acceptors (Lipinski definition) is 3. The van der Waals surface area contributed by atoms with Crippen LogP contribution in [0.5, 0.6) is 0 Å². The van der Waals surface area contributed by atoms with E-state index in [1.807, 2.05) is 0 Å². The van der Waals surface area contributed by atoms with E-state index in [1.54, 1.807) is 0 Å². The number of hydrogen-bond donors (Lipinski definition) is 1. The molecule has 0 saturated carbocycles. The topological polar surface area (TPSA) is 73.3 Å². The third-order valence-electron chi connectivity index (χ3n) is 0.775. The van der Waals surface area contributed by atoms with Gasteiger partial charge >= 0.3 is 52.2 Å². The summed E-state index contributed by atoms with van der Waals surface area (Å²) in [6.45, 7) is 0. The third-order valence-corrected chi connectivity index (χ3v) is 1.57. The van der Waals surface area contributed by atoms with Gasteiger partial charge in [0.2, 0.25) is 0 Å². The van der Waals surface area contributed by atoms with Crippen LogP contribution in [-0.2, 0) is 10.0 Å². The van der Waals surface area contributed by atoms with Gasteiger partial charge in [-0.1, -0.05) is 0 Å². The molecule has 0 unspecified atom stereocenters. The van der Waals surface area contributed by atoms with E-state index in [2.05, 4.69) is 9.47 Å². The second-order valence-corrected chi connectivity index (χ2v) is 2.97. The Morgan fingerprint density at radius 3 is 2.56 bits per heavy atom. The van der Waals surface area contributed by atoms with Gasteiger partial charge in [-0.05, 0) is 0 Å². The molecular weight excluding hydrogens is 141 g/mol. The Hall–Kier alpha value is -0.615. The maximum atomic E-state index is 10.4. The van der Waals surface area contributed by atoms with Gasteiger partial charge in [-0.25, -0.2) is 0 Å². The van der Waals surface area contributed by atoms with Crippen molar-refractivity contribution in [2.75, 3.05) is 0 Å². The summed E-state index contributed by atoms with van der Waals surface area (Å²) in [7, 11) is -2.38. The van der Waals surface area contributed by atoms with Crippen molar-refractivity contribution >= 4 is 17.1 Å². The van der Waals surface area contributed by atoms with Crippen LogP contribution in [0.2, 0.25) is 0 Å². The average molecular weight is 145 g/mol. The van der Waals surface area contributed by atoms with Crippen molar-refractivity contribution in [3.63, 3.8) is 0 Å². The molecule has 0 bridgehead atoms. The first kappa shape index (κ1) is 6.50. The minimum absolute atomic E-state index is 0.206. The SMILES string of the molecule is NS(=O)(=O)c1ccbo1. The molecule has 0 aliphatic heterocycles. The summed E-state index contributed by atoms with van der Waals surface area (Å²) >= 11 is 0. The molecule has 1 aromatic heterocycles. The Morgan fingerprint density at radius 2 is 2.33 bits per heavy atom. The van der Waals surface area contributed by atoms with Gasteiger partial charge in [0.05, 0.1) is 0 Å². The first-order chi connectivity index (χ1) is 4.11. The molecule has 0 amide bonds. The second kappa shape index (κ2) is 1.96. The zero-order valence-corrected chi connectivity index (χ0v) is 5.26. The predicted molar refractivity (Wildman–Crippen MR) is 31.4 cm³/mol. The first-order valence-electron chi connectivity index (χ1n) is 2.17. The second-order valence-electron chi connectivity index (χ2n) is 1.48. The van der Waals surface area contributed by atoms with Gasteiger partial charge in [-0.15, -0.1) is 0 Å². The van der Waals surface area contributed by atoms with Gasteiger partial charge in [0, 0.05) is 0 Å². The van der Waals surface area contributed by atoms with Gasteiger partial charge < -0.3 is 0 Å². The van der Waals surface area contributed by atoms with Gasteiger partial charge in [0.25, 0.3) is 0 Å². The normalized spacial score (nSPS) is 11.2. The minimum atomic E-state index is -3.63. The molecule has 1 rings (SSSR count). The molecular formula is C3H4BNO3S. The fourth-order valence-electron chi connectivity index (χ4n) is 0.425. The van der Waals surface area contributed by atoms with E-state index >= 15 is 0 Å². The van der Waals surface area contributed by atoms with Crippen molar-refractivity contribution in [3.05, 3.63) is 12.0 Å². The van der Waals surface area contributed by atoms with E-state index in [4.69, 9.17) is 0 Å². The molecule has 0 saturated heterocycles. The van der Waals surface area contributed by atoms with Crippen LogP contribution in [-0.4, -0.2) is 15.5 Å². The van der Waals surface area contributed by atoms with E-state index in [9.17, 15) is 8.42 Å². The fourth-order valence-corrected chi connectivity index (χ4v) is 0.883. The summed E-state index contributed by atoms with van der Waals surface area (Å²) in [5.41, 5.74) is 0. The molecule has 1 aromatic rings. The van der Waals surface area contributed by atoms with Gasteiger partial charge in [0.15, 0.2) is 0 Å². The Balaban J connectivity index is 3.20. The Bertz CT molecular complexity index is 276. The number of primary sulfonamides is 1. The van der Waals surface area contributed by atoms with Gasteiger partial charge in [-0.3, -0.25) is 0 Å². The summed E-state index contributed by atoms with van der Waals surface area (Å²) < 4.78 is 25.2. The zero-order chi connectivity index (χ0) is 6.91. The summed E-state index contributed by atoms with van der Waals surface area (Å²) in [5.74, 6) is 1.46. The Labute approximate surface area is 53.0 Å². The van der Waals surface area contributed by atoms with Crippen LogP contribution in [0.15, 0.2) is 21.5 Å². The van der Waals surface area contributed by atoms with E-state index < -0.39 is 10.0 Å². The molecule has 0 aliphatic carbocycles. The van der Waals surface area contributed by atoms with Crippen molar-refractivity contribution in [1.29, 1.82) is 0 Å². The monoisotopic (exact) mass is 145 g/mol. The molecule has 9 heavy (non-hydrogen) atoms. The van der Waals surface area contributed by atoms with Crippen molar-refractivity contribution in [1.82, 2.24) is 0 Å². The molecule has 0 spiro atoms. The molecule has 0 fully saturated rings. The van der Waals surface area contributed by atoms with Crippen molar-refractivity contribution in [2.45, 2.75) is 5.09 Å². The molecule has 48 valence electrons. The summed E-state index contributed by atoms with van der Waals surface area (Å²) in [4.78, 5) is 0. The molecule has 2 N–H and O–H groups in total. The average Bonchev–Trinajstić information content (AvgIpc) is 2.08. The molecule has 6 heteroatoms. The van der Waals surface area contributed by atoms with Crippen LogP contribution >= 0.6 is 0 Å². The van der Waals surface area contributed by atoms with E-state index in [1.165, 1.54) is 19.2 Å². The standard InChI is InChI=1S/C3H4BNO3S/c5-9(6,7)3-1-2-4-8-3/h1-2H,(H2,5,6,7). The predicted octanol–water partition coefficient (Wildman–Crippen LogP) is -0.735. The molecule has 0 aromatic carbocycles. The number of sulfonamides is 1. The van der Waals surface area contributed by atoms with E-state index in [0.717, 1.165) is 0 Å². The maximum absolute atomic E-state index is 10.4. The van der Waals surface area contributed by atoms with Crippen molar-refractivity contribution in [2.24, 2.45) is 5.14 Å². The van der Waals surface area contributed by atoms with Crippen LogP contribution < -0.4 is 5.14 Å². The van der Waals surface area contributed by atoms with Crippen LogP contribution in [0, 0.1) is 0 Å². The zero-order valence-electron chi connectivity index (χ0n) is 4.44. The first-order valence-corrected chi connectivity index (χ1v) is 3.71. The van der Waals surface area contributed by atoms with E-state index in [-0.39, 0.29) is 5.09 Å². The number of nitrogens with two attached hydrogens (primary N) is 1. The molecule has 0 aliphatic rings. The van der Waals surface area contributed by atoms with Gasteiger partial charge in [0.1, 0.15) is 0 Å². The Morgan fingerprint density at radius 1 is 1.67 bits per heavy atom. The molecule has 4 nitrogen and oxygen atoms in total. The van der Waals surface area contributed by atoms with Crippen LogP contribution in [0.25, 0.3) is 0 Å². The molecule has 1 heterocycles. The third kappa shape index (κ3) is 1.40. The fraction of sp³-hybridized carbons (Fsp3) is 0. The quantitative estimate of drug-likeness (QED) is 0.565. The van der Waals surface area contributed by atoms with Crippen LogP contribution in [0.1, 0.15) is 0 Å². The Kier molecular flexibility index (Phi) is 1.42. The van der Waals surface area contributed by atoms with Crippen molar-refractivity contribution < 1.29 is 12.7 Å². The van der Waals surface area contributed by atoms with E-state index in [0.29, 0.717) is 0 Å².